The molecule has 0 spiro atoms. The van der Waals surface area contributed by atoms with E-state index < -0.39 is 5.97 Å². The molecule has 5 nitrogen and oxygen atoms in total. The van der Waals surface area contributed by atoms with Crippen LogP contribution in [0.25, 0.3) is 11.3 Å². The van der Waals surface area contributed by atoms with Crippen LogP contribution in [0.2, 0.25) is 0 Å². The van der Waals surface area contributed by atoms with E-state index in [4.69, 9.17) is 5.11 Å². The molecule has 2 aromatic rings. The minimum atomic E-state index is -0.930. The van der Waals surface area contributed by atoms with E-state index in [1.165, 1.54) is 0 Å². The molecule has 0 aliphatic carbocycles. The van der Waals surface area contributed by atoms with Crippen molar-refractivity contribution in [2.24, 2.45) is 7.05 Å². The van der Waals surface area contributed by atoms with Crippen molar-refractivity contribution < 1.29 is 9.90 Å². The van der Waals surface area contributed by atoms with Gasteiger partial charge in [-0.3, -0.25) is 4.68 Å². The Balaban J connectivity index is 2.35. The largest absolute Gasteiger partial charge is 0.478 e. The minimum Gasteiger partial charge on any atom is -0.478 e. The number of hydrogen-bond donors (Lipinski definition) is 1. The van der Waals surface area contributed by atoms with Gasteiger partial charge in [0.05, 0.1) is 11.8 Å². The molecule has 2 rings (SSSR count). The molecule has 0 amide bonds. The molecule has 0 fully saturated rings. The summed E-state index contributed by atoms with van der Waals surface area (Å²) in [6, 6.07) is 6.53. The van der Waals surface area contributed by atoms with Crippen LogP contribution in [0.15, 0.2) is 30.5 Å². The molecule has 0 saturated heterocycles. The van der Waals surface area contributed by atoms with Gasteiger partial charge in [0.1, 0.15) is 5.69 Å². The molecule has 0 unspecified atom stereocenters. The quantitative estimate of drug-likeness (QED) is 0.795. The third-order valence-corrected chi connectivity index (χ3v) is 2.03. The van der Waals surface area contributed by atoms with Crippen molar-refractivity contribution in [3.05, 3.63) is 36.0 Å². The second-order valence-corrected chi connectivity index (χ2v) is 3.16. The van der Waals surface area contributed by atoms with E-state index in [9.17, 15) is 4.79 Å². The first-order valence-corrected chi connectivity index (χ1v) is 4.37. The highest BCUT2D eigenvalue weighted by Crippen LogP contribution is 2.16. The summed E-state index contributed by atoms with van der Waals surface area (Å²) >= 11 is 0. The predicted octanol–water partition coefficient (Wildman–Crippen LogP) is 1.18. The van der Waals surface area contributed by atoms with Crippen LogP contribution in [0.3, 0.4) is 0 Å². The highest BCUT2D eigenvalue weighted by Gasteiger charge is 2.05. The molecule has 15 heavy (non-hydrogen) atoms. The topological polar surface area (TPSA) is 68.0 Å². The van der Waals surface area contributed by atoms with Gasteiger partial charge in [0.25, 0.3) is 0 Å². The van der Waals surface area contributed by atoms with E-state index in [1.807, 2.05) is 0 Å². The molecule has 0 aliphatic heterocycles. The Labute approximate surface area is 86.0 Å². The van der Waals surface area contributed by atoms with Crippen molar-refractivity contribution >= 4 is 5.97 Å². The van der Waals surface area contributed by atoms with Crippen LogP contribution in [-0.2, 0) is 7.05 Å². The van der Waals surface area contributed by atoms with Gasteiger partial charge in [-0.25, -0.2) is 4.79 Å². The SMILES string of the molecule is Cn1cc(-c2ccc(C(=O)O)cc2)nn1. The summed E-state index contributed by atoms with van der Waals surface area (Å²) in [5.74, 6) is -0.930. The molecule has 0 atom stereocenters. The fraction of sp³-hybridized carbons (Fsp3) is 0.100. The number of carbonyl (C=O) groups is 1. The normalized spacial score (nSPS) is 10.2. The highest BCUT2D eigenvalue weighted by molar-refractivity contribution is 5.88. The van der Waals surface area contributed by atoms with Crippen LogP contribution in [0.5, 0.6) is 0 Å². The standard InChI is InChI=1S/C10H9N3O2/c1-13-6-9(11-12-13)7-2-4-8(5-3-7)10(14)15/h2-6H,1H3,(H,14,15). The second-order valence-electron chi connectivity index (χ2n) is 3.16. The Morgan fingerprint density at radius 2 is 2.00 bits per heavy atom. The van der Waals surface area contributed by atoms with Crippen molar-refractivity contribution in [3.63, 3.8) is 0 Å². The Morgan fingerprint density at radius 1 is 1.33 bits per heavy atom. The van der Waals surface area contributed by atoms with Crippen molar-refractivity contribution in [2.45, 2.75) is 0 Å². The fourth-order valence-corrected chi connectivity index (χ4v) is 1.26. The van der Waals surface area contributed by atoms with Gasteiger partial charge in [-0.2, -0.15) is 0 Å². The molecule has 0 saturated carbocycles. The number of benzene rings is 1. The summed E-state index contributed by atoms with van der Waals surface area (Å²) in [4.78, 5) is 10.6. The van der Waals surface area contributed by atoms with E-state index in [-0.39, 0.29) is 5.56 Å². The maximum absolute atomic E-state index is 10.6. The zero-order chi connectivity index (χ0) is 10.8. The zero-order valence-electron chi connectivity index (χ0n) is 8.08. The maximum atomic E-state index is 10.6. The van der Waals surface area contributed by atoms with Crippen LogP contribution < -0.4 is 0 Å². The molecule has 1 heterocycles. The molecule has 5 heteroatoms. The third-order valence-electron chi connectivity index (χ3n) is 2.03. The van der Waals surface area contributed by atoms with Crippen LogP contribution in [0.1, 0.15) is 10.4 Å². The number of carboxylic acid groups (broad SMARTS) is 1. The molecule has 0 bridgehead atoms. The first-order valence-electron chi connectivity index (χ1n) is 4.37. The lowest BCUT2D eigenvalue weighted by atomic mass is 10.1. The summed E-state index contributed by atoms with van der Waals surface area (Å²) in [5, 5.41) is 16.4. The Kier molecular flexibility index (Phi) is 2.21. The predicted molar refractivity (Wildman–Crippen MR) is 53.4 cm³/mol. The average molecular weight is 203 g/mol. The van der Waals surface area contributed by atoms with Gasteiger partial charge in [0.15, 0.2) is 0 Å². The van der Waals surface area contributed by atoms with Crippen molar-refractivity contribution in [1.29, 1.82) is 0 Å². The minimum absolute atomic E-state index is 0.266. The molecule has 0 radical (unpaired) electrons. The van der Waals surface area contributed by atoms with Crippen molar-refractivity contribution in [1.82, 2.24) is 15.0 Å². The number of aromatic nitrogens is 3. The number of nitrogens with zero attached hydrogens (tertiary/aromatic N) is 3. The van der Waals surface area contributed by atoms with E-state index in [1.54, 1.807) is 42.2 Å². The molecule has 0 aliphatic rings. The average Bonchev–Trinajstić information content (AvgIpc) is 2.65. The number of hydrogen-bond acceptors (Lipinski definition) is 3. The lowest BCUT2D eigenvalue weighted by Crippen LogP contribution is -1.94. The van der Waals surface area contributed by atoms with Gasteiger partial charge >= 0.3 is 5.97 Å². The van der Waals surface area contributed by atoms with Crippen LogP contribution in [-0.4, -0.2) is 26.1 Å². The molecular formula is C10H9N3O2. The van der Waals surface area contributed by atoms with E-state index in [0.717, 1.165) is 11.3 Å². The monoisotopic (exact) mass is 203 g/mol. The van der Waals surface area contributed by atoms with Gasteiger partial charge in [-0.15, -0.1) is 5.10 Å². The molecule has 76 valence electrons. The summed E-state index contributed by atoms with van der Waals surface area (Å²) in [6.07, 6.45) is 1.77. The summed E-state index contributed by atoms with van der Waals surface area (Å²) < 4.78 is 1.60. The smallest absolute Gasteiger partial charge is 0.335 e. The van der Waals surface area contributed by atoms with Crippen LogP contribution in [0.4, 0.5) is 0 Å². The summed E-state index contributed by atoms with van der Waals surface area (Å²) in [7, 11) is 1.78. The molecule has 1 N–H and O–H groups in total. The Hall–Kier alpha value is -2.17. The maximum Gasteiger partial charge on any atom is 0.335 e. The van der Waals surface area contributed by atoms with Crippen molar-refractivity contribution in [3.8, 4) is 11.3 Å². The van der Waals surface area contributed by atoms with Gasteiger partial charge < -0.3 is 5.11 Å². The summed E-state index contributed by atoms with van der Waals surface area (Å²) in [6.45, 7) is 0. The first kappa shape index (κ1) is 9.39. The summed E-state index contributed by atoms with van der Waals surface area (Å²) in [5.41, 5.74) is 1.85. The Bertz CT molecular complexity index is 488. The number of aromatic carboxylic acids is 1. The van der Waals surface area contributed by atoms with Gasteiger partial charge in [0, 0.05) is 12.6 Å². The van der Waals surface area contributed by atoms with Crippen molar-refractivity contribution in [2.75, 3.05) is 0 Å². The van der Waals surface area contributed by atoms with E-state index in [2.05, 4.69) is 10.3 Å². The van der Waals surface area contributed by atoms with E-state index >= 15 is 0 Å². The molecule has 1 aromatic carbocycles. The lowest BCUT2D eigenvalue weighted by molar-refractivity contribution is 0.0697. The first-order chi connectivity index (χ1) is 7.16. The van der Waals surface area contributed by atoms with Gasteiger partial charge in [-0.1, -0.05) is 17.3 Å². The Morgan fingerprint density at radius 3 is 2.47 bits per heavy atom. The van der Waals surface area contributed by atoms with Gasteiger partial charge in [-0.05, 0) is 12.1 Å². The highest BCUT2D eigenvalue weighted by atomic mass is 16.4. The number of rotatable bonds is 2. The third kappa shape index (κ3) is 1.85. The molecule has 1 aromatic heterocycles. The second kappa shape index (κ2) is 3.53. The van der Waals surface area contributed by atoms with E-state index in [0.29, 0.717) is 0 Å². The number of aryl methyl sites for hydroxylation is 1. The van der Waals surface area contributed by atoms with Crippen LogP contribution >= 0.6 is 0 Å². The van der Waals surface area contributed by atoms with Gasteiger partial charge in [0.2, 0.25) is 0 Å². The fourth-order valence-electron chi connectivity index (χ4n) is 1.26. The zero-order valence-corrected chi connectivity index (χ0v) is 8.08. The lowest BCUT2D eigenvalue weighted by Gasteiger charge is -1.96. The molecular weight excluding hydrogens is 194 g/mol. The number of carboxylic acids is 1. The van der Waals surface area contributed by atoms with Crippen LogP contribution in [0, 0.1) is 0 Å².